The van der Waals surface area contributed by atoms with E-state index in [0.717, 1.165) is 11.4 Å². The van der Waals surface area contributed by atoms with Gasteiger partial charge < -0.3 is 25.9 Å². The average molecular weight is 274 g/mol. The van der Waals surface area contributed by atoms with Gasteiger partial charge in [-0.2, -0.15) is 0 Å². The van der Waals surface area contributed by atoms with E-state index in [0.29, 0.717) is 36.3 Å². The molecule has 0 amide bonds. The second kappa shape index (κ2) is 5.10. The van der Waals surface area contributed by atoms with Crippen LogP contribution in [0.2, 0.25) is 0 Å². The third kappa shape index (κ3) is 2.24. The molecule has 104 valence electrons. The number of benzene rings is 1. The summed E-state index contributed by atoms with van der Waals surface area (Å²) in [6.07, 6.45) is 1.37. The van der Waals surface area contributed by atoms with Crippen LogP contribution < -0.4 is 31.8 Å². The first-order chi connectivity index (χ1) is 9.78. The molecule has 0 radical (unpaired) electrons. The Labute approximate surface area is 115 Å². The smallest absolute Gasteiger partial charge is 0.168 e. The molecular weight excluding hydrogens is 260 g/mol. The SMILES string of the molecule is NNc1ncnc(Nc2ccc3c(c2)OCCO3)c1N. The van der Waals surface area contributed by atoms with Crippen LogP contribution >= 0.6 is 0 Å². The van der Waals surface area contributed by atoms with Gasteiger partial charge in [-0.25, -0.2) is 15.8 Å². The number of ether oxygens (including phenoxy) is 2. The lowest BCUT2D eigenvalue weighted by Crippen LogP contribution is -2.15. The van der Waals surface area contributed by atoms with Crippen molar-refractivity contribution in [3.8, 4) is 11.5 Å². The summed E-state index contributed by atoms with van der Waals surface area (Å²) in [4.78, 5) is 7.99. The summed E-state index contributed by atoms with van der Waals surface area (Å²) in [6, 6.07) is 5.51. The van der Waals surface area contributed by atoms with Gasteiger partial charge in [-0.1, -0.05) is 0 Å². The van der Waals surface area contributed by atoms with Crippen molar-refractivity contribution in [3.05, 3.63) is 24.5 Å². The van der Waals surface area contributed by atoms with Gasteiger partial charge in [0, 0.05) is 11.8 Å². The van der Waals surface area contributed by atoms with Crippen LogP contribution in [0.4, 0.5) is 23.0 Å². The molecule has 6 N–H and O–H groups in total. The maximum Gasteiger partial charge on any atom is 0.168 e. The summed E-state index contributed by atoms with van der Waals surface area (Å²) in [5, 5.41) is 3.09. The van der Waals surface area contributed by atoms with Crippen LogP contribution in [0.1, 0.15) is 0 Å². The van der Waals surface area contributed by atoms with Crippen LogP contribution in [0.5, 0.6) is 11.5 Å². The number of nitrogens with zero attached hydrogens (tertiary/aromatic N) is 2. The van der Waals surface area contributed by atoms with E-state index in [-0.39, 0.29) is 0 Å². The number of hydrogen-bond donors (Lipinski definition) is 4. The zero-order valence-corrected chi connectivity index (χ0v) is 10.6. The molecule has 0 aliphatic carbocycles. The van der Waals surface area contributed by atoms with Gasteiger partial charge in [-0.15, -0.1) is 0 Å². The lowest BCUT2D eigenvalue weighted by Gasteiger charge is -2.19. The molecule has 0 saturated carbocycles. The molecule has 0 fully saturated rings. The fraction of sp³-hybridized carbons (Fsp3) is 0.167. The highest BCUT2D eigenvalue weighted by Gasteiger charge is 2.13. The molecular formula is C12H14N6O2. The topological polar surface area (TPSA) is 120 Å². The van der Waals surface area contributed by atoms with Gasteiger partial charge in [0.15, 0.2) is 23.1 Å². The van der Waals surface area contributed by atoms with E-state index in [4.69, 9.17) is 21.1 Å². The van der Waals surface area contributed by atoms with E-state index in [9.17, 15) is 0 Å². The van der Waals surface area contributed by atoms with Gasteiger partial charge in [0.05, 0.1) is 0 Å². The van der Waals surface area contributed by atoms with Crippen molar-refractivity contribution in [1.29, 1.82) is 0 Å². The lowest BCUT2D eigenvalue weighted by atomic mass is 10.2. The maximum absolute atomic E-state index is 5.89. The fourth-order valence-electron chi connectivity index (χ4n) is 1.87. The largest absolute Gasteiger partial charge is 0.486 e. The highest BCUT2D eigenvalue weighted by Crippen LogP contribution is 2.34. The molecule has 0 unspecified atom stereocenters. The zero-order valence-electron chi connectivity index (χ0n) is 10.6. The maximum atomic E-state index is 5.89. The first-order valence-electron chi connectivity index (χ1n) is 6.01. The molecule has 8 nitrogen and oxygen atoms in total. The van der Waals surface area contributed by atoms with Gasteiger partial charge in [0.1, 0.15) is 25.2 Å². The zero-order chi connectivity index (χ0) is 13.9. The molecule has 0 saturated heterocycles. The predicted octanol–water partition coefficient (Wildman–Crippen LogP) is 0.859. The Morgan fingerprint density at radius 2 is 1.80 bits per heavy atom. The highest BCUT2D eigenvalue weighted by molar-refractivity contribution is 5.77. The van der Waals surface area contributed by atoms with Crippen molar-refractivity contribution in [2.24, 2.45) is 5.84 Å². The number of fused-ring (bicyclic) bond motifs is 1. The van der Waals surface area contributed by atoms with Gasteiger partial charge >= 0.3 is 0 Å². The Hall–Kier alpha value is -2.74. The lowest BCUT2D eigenvalue weighted by molar-refractivity contribution is 0.171. The Kier molecular flexibility index (Phi) is 3.13. The minimum absolute atomic E-state index is 0.338. The minimum Gasteiger partial charge on any atom is -0.486 e. The van der Waals surface area contributed by atoms with E-state index < -0.39 is 0 Å². The van der Waals surface area contributed by atoms with Crippen molar-refractivity contribution in [2.75, 3.05) is 29.7 Å². The Bertz CT molecular complexity index is 633. The summed E-state index contributed by atoms with van der Waals surface area (Å²) < 4.78 is 11.0. The molecule has 2 heterocycles. The highest BCUT2D eigenvalue weighted by atomic mass is 16.6. The number of nitrogens with two attached hydrogens (primary N) is 2. The second-order valence-corrected chi connectivity index (χ2v) is 4.11. The molecule has 1 aromatic carbocycles. The van der Waals surface area contributed by atoms with E-state index in [1.54, 1.807) is 0 Å². The fourth-order valence-corrected chi connectivity index (χ4v) is 1.87. The number of nitrogen functional groups attached to an aromatic ring is 2. The van der Waals surface area contributed by atoms with Gasteiger partial charge in [-0.05, 0) is 12.1 Å². The van der Waals surface area contributed by atoms with E-state index >= 15 is 0 Å². The molecule has 0 bridgehead atoms. The van der Waals surface area contributed by atoms with Crippen molar-refractivity contribution < 1.29 is 9.47 Å². The third-order valence-corrected chi connectivity index (χ3v) is 2.83. The number of rotatable bonds is 3. The van der Waals surface area contributed by atoms with Crippen molar-refractivity contribution in [3.63, 3.8) is 0 Å². The van der Waals surface area contributed by atoms with Crippen LogP contribution in [0.25, 0.3) is 0 Å². The Balaban J connectivity index is 1.88. The van der Waals surface area contributed by atoms with E-state index in [1.807, 2.05) is 18.2 Å². The number of hydrogen-bond acceptors (Lipinski definition) is 8. The van der Waals surface area contributed by atoms with E-state index in [1.165, 1.54) is 6.33 Å². The Morgan fingerprint density at radius 3 is 2.60 bits per heavy atom. The van der Waals surface area contributed by atoms with Crippen LogP contribution in [0.15, 0.2) is 24.5 Å². The van der Waals surface area contributed by atoms with Gasteiger partial charge in [-0.3, -0.25) is 0 Å². The number of aromatic nitrogens is 2. The van der Waals surface area contributed by atoms with Gasteiger partial charge in [0.2, 0.25) is 0 Å². The molecule has 1 aliphatic heterocycles. The molecule has 8 heteroatoms. The summed E-state index contributed by atoms with van der Waals surface area (Å²) in [7, 11) is 0. The quantitative estimate of drug-likeness (QED) is 0.480. The normalized spacial score (nSPS) is 12.8. The summed E-state index contributed by atoms with van der Waals surface area (Å²) in [5.74, 6) is 7.55. The van der Waals surface area contributed by atoms with Crippen molar-refractivity contribution >= 4 is 23.0 Å². The number of hydrazine groups is 1. The summed E-state index contributed by atoms with van der Waals surface area (Å²) >= 11 is 0. The molecule has 20 heavy (non-hydrogen) atoms. The summed E-state index contributed by atoms with van der Waals surface area (Å²) in [6.45, 7) is 1.09. The summed E-state index contributed by atoms with van der Waals surface area (Å²) in [5.41, 5.74) is 9.42. The third-order valence-electron chi connectivity index (χ3n) is 2.83. The van der Waals surface area contributed by atoms with Crippen LogP contribution in [0, 0.1) is 0 Å². The van der Waals surface area contributed by atoms with Gasteiger partial charge in [0.25, 0.3) is 0 Å². The number of nitrogens with one attached hydrogen (secondary N) is 2. The minimum atomic E-state index is 0.338. The molecule has 0 atom stereocenters. The molecule has 2 aromatic rings. The van der Waals surface area contributed by atoms with Crippen LogP contribution in [0.3, 0.4) is 0 Å². The van der Waals surface area contributed by atoms with Crippen LogP contribution in [-0.2, 0) is 0 Å². The van der Waals surface area contributed by atoms with Crippen LogP contribution in [-0.4, -0.2) is 23.2 Å². The predicted molar refractivity (Wildman–Crippen MR) is 75.0 cm³/mol. The Morgan fingerprint density at radius 1 is 1.05 bits per heavy atom. The first-order valence-corrected chi connectivity index (χ1v) is 6.01. The standard InChI is InChI=1S/C12H14N6O2/c13-10-11(15-6-16-12(10)18-14)17-7-1-2-8-9(5-7)20-4-3-19-8/h1-2,5-6H,3-4,13-14H2,(H2,15,16,17,18). The average Bonchev–Trinajstić information content (AvgIpc) is 2.49. The number of anilines is 4. The molecule has 1 aliphatic rings. The molecule has 1 aromatic heterocycles. The molecule has 0 spiro atoms. The molecule has 3 rings (SSSR count). The second-order valence-electron chi connectivity index (χ2n) is 4.11. The van der Waals surface area contributed by atoms with Crippen molar-refractivity contribution in [2.45, 2.75) is 0 Å². The first kappa shape index (κ1) is 12.3. The van der Waals surface area contributed by atoms with E-state index in [2.05, 4.69) is 20.7 Å². The monoisotopic (exact) mass is 274 g/mol. The van der Waals surface area contributed by atoms with Crippen molar-refractivity contribution in [1.82, 2.24) is 9.97 Å².